The maximum Gasteiger partial charge on any atom is 0.247 e. The van der Waals surface area contributed by atoms with Crippen molar-refractivity contribution in [2.75, 3.05) is 40.5 Å². The van der Waals surface area contributed by atoms with Crippen molar-refractivity contribution in [3.63, 3.8) is 0 Å². The molecule has 1 aromatic rings. The van der Waals surface area contributed by atoms with Crippen molar-refractivity contribution < 1.29 is 38.8 Å². The lowest BCUT2D eigenvalue weighted by Crippen LogP contribution is -2.55. The van der Waals surface area contributed by atoms with Crippen molar-refractivity contribution in [1.29, 1.82) is 0 Å². The van der Waals surface area contributed by atoms with Gasteiger partial charge in [0, 0.05) is 44.7 Å². The Morgan fingerprint density at radius 1 is 1.33 bits per heavy atom. The molecule has 0 aromatic heterocycles. The van der Waals surface area contributed by atoms with Crippen molar-refractivity contribution in [2.24, 2.45) is 0 Å². The predicted molar refractivity (Wildman–Crippen MR) is 127 cm³/mol. The number of carbonyl (C=O) groups is 3. The molecule has 0 saturated carbocycles. The van der Waals surface area contributed by atoms with E-state index in [2.05, 4.69) is 5.32 Å². The lowest BCUT2D eigenvalue weighted by atomic mass is 9.88. The van der Waals surface area contributed by atoms with E-state index in [1.165, 1.54) is 38.2 Å². The Balaban J connectivity index is 2.46. The van der Waals surface area contributed by atoms with Crippen LogP contribution in [0.4, 0.5) is 0 Å². The van der Waals surface area contributed by atoms with E-state index in [9.17, 15) is 19.5 Å². The van der Waals surface area contributed by atoms with Crippen molar-refractivity contribution in [2.45, 2.75) is 31.6 Å². The second-order valence-corrected chi connectivity index (χ2v) is 8.54. The van der Waals surface area contributed by atoms with E-state index in [0.29, 0.717) is 32.5 Å². The number of ether oxygens (including phenoxy) is 3. The standard InChI is InChI=1S/C22H29IN2O8/c1-13(28)25(5-7-31-2)17-10-15(22(30)24-4-6-26)11-18(20(17)29)33-21-16(23)8-14(12-27)9-19(21)32-3/h8-9,11-12,17-18,20,26,29H,4-7,10H2,1-3H3,(H,24,30)/t17-,18+,20+/m1/s1. The molecule has 0 heterocycles. The largest absolute Gasteiger partial charge is 0.493 e. The van der Waals surface area contributed by atoms with Gasteiger partial charge in [0.1, 0.15) is 18.5 Å². The van der Waals surface area contributed by atoms with Crippen LogP contribution in [-0.2, 0) is 14.3 Å². The van der Waals surface area contributed by atoms with E-state index in [0.717, 1.165) is 0 Å². The average Bonchev–Trinajstić information content (AvgIpc) is 2.80. The number of halogens is 1. The molecule has 1 aliphatic rings. The lowest BCUT2D eigenvalue weighted by Gasteiger charge is -2.40. The number of benzene rings is 1. The first-order valence-corrected chi connectivity index (χ1v) is 11.4. The second kappa shape index (κ2) is 12.9. The van der Waals surface area contributed by atoms with Gasteiger partial charge in [0.25, 0.3) is 0 Å². The minimum absolute atomic E-state index is 0.0634. The van der Waals surface area contributed by atoms with Crippen LogP contribution in [-0.4, -0.2) is 92.0 Å². The average molecular weight is 576 g/mol. The highest BCUT2D eigenvalue weighted by molar-refractivity contribution is 14.1. The van der Waals surface area contributed by atoms with Crippen molar-refractivity contribution in [1.82, 2.24) is 10.2 Å². The van der Waals surface area contributed by atoms with Crippen LogP contribution in [0.15, 0.2) is 23.8 Å². The fourth-order valence-corrected chi connectivity index (χ4v) is 4.34. The van der Waals surface area contributed by atoms with E-state index >= 15 is 0 Å². The molecule has 0 fully saturated rings. The minimum atomic E-state index is -1.16. The number of hydrogen-bond donors (Lipinski definition) is 3. The lowest BCUT2D eigenvalue weighted by molar-refractivity contribution is -0.137. The number of methoxy groups -OCH3 is 2. The van der Waals surface area contributed by atoms with Crippen molar-refractivity contribution >= 4 is 40.7 Å². The molecule has 2 rings (SSSR count). The molecule has 0 aliphatic heterocycles. The number of nitrogens with one attached hydrogen (secondary N) is 1. The van der Waals surface area contributed by atoms with Crippen LogP contribution < -0.4 is 14.8 Å². The summed E-state index contributed by atoms with van der Waals surface area (Å²) >= 11 is 1.99. The topological polar surface area (TPSA) is 135 Å². The quantitative estimate of drug-likeness (QED) is 0.257. The third-order valence-electron chi connectivity index (χ3n) is 5.20. The summed E-state index contributed by atoms with van der Waals surface area (Å²) < 4.78 is 17.1. The van der Waals surface area contributed by atoms with Crippen LogP contribution >= 0.6 is 22.6 Å². The third kappa shape index (κ3) is 6.88. The van der Waals surface area contributed by atoms with Gasteiger partial charge < -0.3 is 34.6 Å². The molecular formula is C22H29IN2O8. The molecule has 33 heavy (non-hydrogen) atoms. The Labute approximate surface area is 206 Å². The molecule has 0 radical (unpaired) electrons. The molecule has 0 unspecified atom stereocenters. The van der Waals surface area contributed by atoms with Crippen LogP contribution in [0.1, 0.15) is 23.7 Å². The van der Waals surface area contributed by atoms with Crippen molar-refractivity contribution in [3.8, 4) is 11.5 Å². The summed E-state index contributed by atoms with van der Waals surface area (Å²) in [5.41, 5.74) is 0.707. The zero-order chi connectivity index (χ0) is 24.5. The van der Waals surface area contributed by atoms with Crippen LogP contribution in [0, 0.1) is 3.57 Å². The number of aliphatic hydroxyl groups is 2. The van der Waals surface area contributed by atoms with Crippen LogP contribution in [0.2, 0.25) is 0 Å². The van der Waals surface area contributed by atoms with E-state index < -0.39 is 24.2 Å². The first kappa shape index (κ1) is 27.0. The zero-order valence-electron chi connectivity index (χ0n) is 18.7. The highest BCUT2D eigenvalue weighted by Gasteiger charge is 2.40. The van der Waals surface area contributed by atoms with E-state index in [4.69, 9.17) is 19.3 Å². The van der Waals surface area contributed by atoms with Gasteiger partial charge in [-0.2, -0.15) is 0 Å². The summed E-state index contributed by atoms with van der Waals surface area (Å²) in [7, 11) is 2.94. The van der Waals surface area contributed by atoms with E-state index in [-0.39, 0.29) is 38.6 Å². The number of hydrogen-bond acceptors (Lipinski definition) is 8. The molecule has 0 bridgehead atoms. The van der Waals surface area contributed by atoms with Gasteiger partial charge in [-0.05, 0) is 40.8 Å². The van der Waals surface area contributed by atoms with Gasteiger partial charge >= 0.3 is 0 Å². The molecule has 10 nitrogen and oxygen atoms in total. The van der Waals surface area contributed by atoms with Crippen LogP contribution in [0.5, 0.6) is 11.5 Å². The highest BCUT2D eigenvalue weighted by Crippen LogP contribution is 2.36. The molecule has 3 N–H and O–H groups in total. The normalized spacial score (nSPS) is 19.9. The molecular weight excluding hydrogens is 547 g/mol. The summed E-state index contributed by atoms with van der Waals surface area (Å²) in [4.78, 5) is 37.7. The molecule has 1 aliphatic carbocycles. The monoisotopic (exact) mass is 576 g/mol. The van der Waals surface area contributed by atoms with E-state index in [1.54, 1.807) is 6.07 Å². The molecule has 11 heteroatoms. The van der Waals surface area contributed by atoms with Crippen molar-refractivity contribution in [3.05, 3.63) is 32.9 Å². The van der Waals surface area contributed by atoms with Crippen LogP contribution in [0.25, 0.3) is 0 Å². The Morgan fingerprint density at radius 2 is 2.06 bits per heavy atom. The number of aliphatic hydroxyl groups excluding tert-OH is 2. The van der Waals surface area contributed by atoms with Gasteiger partial charge in [0.15, 0.2) is 11.5 Å². The van der Waals surface area contributed by atoms with Gasteiger partial charge in [0.2, 0.25) is 11.8 Å². The Morgan fingerprint density at radius 3 is 2.64 bits per heavy atom. The molecule has 182 valence electrons. The van der Waals surface area contributed by atoms with E-state index in [1.807, 2.05) is 22.6 Å². The number of amides is 2. The van der Waals surface area contributed by atoms with Gasteiger partial charge in [-0.1, -0.05) is 0 Å². The first-order chi connectivity index (χ1) is 15.8. The fraction of sp³-hybridized carbons (Fsp3) is 0.500. The van der Waals surface area contributed by atoms with Crippen LogP contribution in [0.3, 0.4) is 0 Å². The Hall–Kier alpha value is -2.22. The summed E-state index contributed by atoms with van der Waals surface area (Å²) in [6, 6.07) is 2.37. The number of nitrogens with zero attached hydrogens (tertiary/aromatic N) is 1. The van der Waals surface area contributed by atoms with Gasteiger partial charge in [-0.3, -0.25) is 14.4 Å². The predicted octanol–water partition coefficient (Wildman–Crippen LogP) is 0.523. The maximum atomic E-state index is 12.7. The summed E-state index contributed by atoms with van der Waals surface area (Å²) in [5, 5.41) is 22.8. The highest BCUT2D eigenvalue weighted by atomic mass is 127. The Kier molecular flexibility index (Phi) is 10.5. The SMILES string of the molecule is COCCN(C(C)=O)[C@@H]1CC(C(=O)NCCO)=C[C@H](Oc2c(I)cc(C=O)cc2OC)[C@H]1O. The van der Waals surface area contributed by atoms with Gasteiger partial charge in [0.05, 0.1) is 29.9 Å². The number of aldehydes is 1. The van der Waals surface area contributed by atoms with Gasteiger partial charge in [-0.15, -0.1) is 0 Å². The second-order valence-electron chi connectivity index (χ2n) is 7.37. The fourth-order valence-electron chi connectivity index (χ4n) is 3.58. The first-order valence-electron chi connectivity index (χ1n) is 10.3. The Bertz CT molecular complexity index is 891. The molecule has 1 aromatic carbocycles. The third-order valence-corrected chi connectivity index (χ3v) is 6.00. The minimum Gasteiger partial charge on any atom is -0.493 e. The van der Waals surface area contributed by atoms with Gasteiger partial charge in [-0.25, -0.2) is 0 Å². The molecule has 3 atom stereocenters. The molecule has 0 spiro atoms. The molecule has 2 amide bonds. The summed E-state index contributed by atoms with van der Waals surface area (Å²) in [6.07, 6.45) is 0.133. The number of rotatable bonds is 11. The zero-order valence-corrected chi connectivity index (χ0v) is 20.9. The molecule has 0 saturated heterocycles. The summed E-state index contributed by atoms with van der Waals surface area (Å²) in [6.45, 7) is 1.70. The number of carbonyl (C=O) groups excluding carboxylic acids is 3. The smallest absolute Gasteiger partial charge is 0.247 e. The maximum absolute atomic E-state index is 12.7. The summed E-state index contributed by atoms with van der Waals surface area (Å²) in [5.74, 6) is -0.121.